The van der Waals surface area contributed by atoms with E-state index >= 15 is 0 Å². The lowest BCUT2D eigenvalue weighted by molar-refractivity contribution is 0.0711. The van der Waals surface area contributed by atoms with E-state index in [1.807, 2.05) is 56.3 Å². The van der Waals surface area contributed by atoms with Gasteiger partial charge in [0.1, 0.15) is 11.5 Å². The molecule has 0 spiro atoms. The highest BCUT2D eigenvalue weighted by atomic mass is 16.5. The first kappa shape index (κ1) is 38.1. The van der Waals surface area contributed by atoms with Crippen LogP contribution >= 0.6 is 0 Å². The molecule has 278 valence electrons. The SMILES string of the molecule is C=C(c1ccc2c(OC)cccc2c1)[C@@H]1CN(CC2CC2)CC[C@@H]1C.CC.COc1ccc2cc(C(=O)[C@@H]3CN(CC4CC4)CC[C@@H]3C)ccc2c1. The number of fused-ring (bicyclic) bond motifs is 2. The minimum atomic E-state index is 0.128. The molecule has 0 amide bonds. The van der Waals surface area contributed by atoms with Gasteiger partial charge in [0.2, 0.25) is 0 Å². The summed E-state index contributed by atoms with van der Waals surface area (Å²) in [6.45, 7) is 20.2. The van der Waals surface area contributed by atoms with E-state index in [2.05, 4.69) is 60.6 Å². The predicted octanol–water partition coefficient (Wildman–Crippen LogP) is 10.7. The van der Waals surface area contributed by atoms with Gasteiger partial charge in [-0.3, -0.25) is 4.79 Å². The van der Waals surface area contributed by atoms with E-state index in [-0.39, 0.29) is 5.92 Å². The summed E-state index contributed by atoms with van der Waals surface area (Å²) in [5, 5.41) is 4.62. The number of piperidine rings is 2. The number of Topliss-reactive ketones (excluding diaryl/α,β-unsaturated/α-hetero) is 1. The first-order valence-corrected chi connectivity index (χ1v) is 20.1. The van der Waals surface area contributed by atoms with Crippen LogP contribution in [0.2, 0.25) is 0 Å². The maximum Gasteiger partial charge on any atom is 0.167 e. The Morgan fingerprint density at radius 3 is 1.88 bits per heavy atom. The zero-order valence-electron chi connectivity index (χ0n) is 32.7. The van der Waals surface area contributed by atoms with Gasteiger partial charge in [-0.15, -0.1) is 0 Å². The number of hydrogen-bond donors (Lipinski definition) is 0. The van der Waals surface area contributed by atoms with Crippen molar-refractivity contribution >= 4 is 32.9 Å². The average molecular weight is 703 g/mol. The number of benzene rings is 4. The number of carbonyl (C=O) groups is 1. The number of carbonyl (C=O) groups excluding carboxylic acids is 1. The van der Waals surface area contributed by atoms with E-state index in [0.29, 0.717) is 23.5 Å². The molecular formula is C47H62N2O3. The maximum absolute atomic E-state index is 13.2. The Labute approximate surface area is 313 Å². The Morgan fingerprint density at radius 2 is 1.25 bits per heavy atom. The Bertz CT molecular complexity index is 1820. The third kappa shape index (κ3) is 9.27. The van der Waals surface area contributed by atoms with Crippen molar-refractivity contribution in [3.8, 4) is 11.5 Å². The molecule has 4 aromatic carbocycles. The Kier molecular flexibility index (Phi) is 12.8. The average Bonchev–Trinajstić information content (AvgIpc) is 4.14. The molecule has 52 heavy (non-hydrogen) atoms. The highest BCUT2D eigenvalue weighted by Crippen LogP contribution is 2.38. The molecule has 2 aliphatic carbocycles. The maximum atomic E-state index is 13.2. The number of rotatable bonds is 10. The van der Waals surface area contributed by atoms with E-state index in [1.54, 1.807) is 14.2 Å². The van der Waals surface area contributed by atoms with Gasteiger partial charge < -0.3 is 19.3 Å². The van der Waals surface area contributed by atoms with Crippen LogP contribution in [0.5, 0.6) is 11.5 Å². The standard InChI is InChI=1S/C23H29NO.C22H27NO2.C2H6/c1-16-11-12-24(14-18-7-8-18)15-22(16)17(2)19-9-10-21-20(13-19)5-4-6-23(21)25-3;1-15-9-10-23(13-16-3-4-16)14-21(15)22(24)19-6-5-18-12-20(25-2)8-7-17(18)11-19;1-2/h4-6,9-10,13,16,18,22H,2,7-8,11-12,14-15H2,1,3H3;5-8,11-12,15-16,21H,3-4,9-10,13-14H2,1-2H3;1-2H3/t16-,22+;15-,21+;/m00./s1. The van der Waals surface area contributed by atoms with Crippen LogP contribution in [0.3, 0.4) is 0 Å². The van der Waals surface area contributed by atoms with Crippen molar-refractivity contribution in [1.82, 2.24) is 9.80 Å². The van der Waals surface area contributed by atoms with Crippen LogP contribution in [0.15, 0.2) is 79.4 Å². The van der Waals surface area contributed by atoms with Crippen LogP contribution in [0, 0.1) is 35.5 Å². The van der Waals surface area contributed by atoms with Gasteiger partial charge in [0.15, 0.2) is 5.78 Å². The van der Waals surface area contributed by atoms with Crippen molar-refractivity contribution in [1.29, 1.82) is 0 Å². The van der Waals surface area contributed by atoms with Crippen LogP contribution < -0.4 is 9.47 Å². The predicted molar refractivity (Wildman–Crippen MR) is 219 cm³/mol. The summed E-state index contributed by atoms with van der Waals surface area (Å²) in [4.78, 5) is 18.4. The van der Waals surface area contributed by atoms with Crippen LogP contribution in [-0.4, -0.2) is 69.1 Å². The van der Waals surface area contributed by atoms with Crippen molar-refractivity contribution in [3.63, 3.8) is 0 Å². The van der Waals surface area contributed by atoms with Gasteiger partial charge in [0, 0.05) is 43.0 Å². The van der Waals surface area contributed by atoms with Gasteiger partial charge in [-0.05, 0) is 139 Å². The van der Waals surface area contributed by atoms with E-state index in [4.69, 9.17) is 9.47 Å². The molecule has 4 atom stereocenters. The lowest BCUT2D eigenvalue weighted by atomic mass is 9.79. The number of ether oxygens (including phenoxy) is 2. The fourth-order valence-corrected chi connectivity index (χ4v) is 8.30. The molecule has 2 aliphatic heterocycles. The van der Waals surface area contributed by atoms with Gasteiger partial charge in [-0.2, -0.15) is 0 Å². The monoisotopic (exact) mass is 702 g/mol. The second kappa shape index (κ2) is 17.4. The number of hydrogen-bond acceptors (Lipinski definition) is 5. The van der Waals surface area contributed by atoms with E-state index in [9.17, 15) is 4.79 Å². The molecule has 4 aliphatic rings. The molecule has 4 aromatic rings. The summed E-state index contributed by atoms with van der Waals surface area (Å²) >= 11 is 0. The number of nitrogens with zero attached hydrogens (tertiary/aromatic N) is 2. The fraction of sp³-hybridized carbons (Fsp3) is 0.511. The number of likely N-dealkylation sites (tertiary alicyclic amines) is 2. The second-order valence-corrected chi connectivity index (χ2v) is 15.9. The molecule has 8 rings (SSSR count). The second-order valence-electron chi connectivity index (χ2n) is 15.9. The van der Waals surface area contributed by atoms with Gasteiger partial charge in [-0.1, -0.05) is 76.7 Å². The van der Waals surface area contributed by atoms with Gasteiger partial charge in [0.25, 0.3) is 0 Å². The molecule has 0 radical (unpaired) electrons. The normalized spacial score (nSPS) is 23.6. The third-order valence-corrected chi connectivity index (χ3v) is 12.1. The van der Waals surface area contributed by atoms with Crippen LogP contribution in [0.4, 0.5) is 0 Å². The van der Waals surface area contributed by atoms with Crippen LogP contribution in [-0.2, 0) is 0 Å². The van der Waals surface area contributed by atoms with Gasteiger partial charge in [0.05, 0.1) is 14.2 Å². The zero-order valence-corrected chi connectivity index (χ0v) is 32.7. The summed E-state index contributed by atoms with van der Waals surface area (Å²) in [7, 11) is 3.41. The molecule has 5 heteroatoms. The summed E-state index contributed by atoms with van der Waals surface area (Å²) in [6.07, 6.45) is 8.04. The molecule has 0 N–H and O–H groups in total. The number of ketones is 1. The van der Waals surface area contributed by atoms with E-state index < -0.39 is 0 Å². The van der Waals surface area contributed by atoms with Crippen molar-refractivity contribution < 1.29 is 14.3 Å². The van der Waals surface area contributed by atoms with E-state index in [1.165, 1.54) is 80.2 Å². The minimum Gasteiger partial charge on any atom is -0.497 e. The Balaban J connectivity index is 0.000000171. The molecule has 0 unspecified atom stereocenters. The molecule has 0 bridgehead atoms. The topological polar surface area (TPSA) is 42.0 Å². The highest BCUT2D eigenvalue weighted by molar-refractivity contribution is 6.01. The quantitative estimate of drug-likeness (QED) is 0.154. The summed E-state index contributed by atoms with van der Waals surface area (Å²) in [5.74, 6) is 5.83. The Hall–Kier alpha value is -3.67. The lowest BCUT2D eigenvalue weighted by Gasteiger charge is -2.38. The zero-order chi connectivity index (χ0) is 36.8. The highest BCUT2D eigenvalue weighted by Gasteiger charge is 2.35. The van der Waals surface area contributed by atoms with Crippen molar-refractivity contribution in [2.45, 2.75) is 66.2 Å². The summed E-state index contributed by atoms with van der Waals surface area (Å²) in [5.41, 5.74) is 3.44. The summed E-state index contributed by atoms with van der Waals surface area (Å²) < 4.78 is 10.8. The largest absolute Gasteiger partial charge is 0.497 e. The Morgan fingerprint density at radius 1 is 0.673 bits per heavy atom. The molecule has 2 saturated carbocycles. The van der Waals surface area contributed by atoms with Crippen molar-refractivity contribution in [2.24, 2.45) is 35.5 Å². The molecule has 2 heterocycles. The molecule has 5 nitrogen and oxygen atoms in total. The van der Waals surface area contributed by atoms with Gasteiger partial charge >= 0.3 is 0 Å². The minimum absolute atomic E-state index is 0.128. The van der Waals surface area contributed by atoms with Gasteiger partial charge in [-0.25, -0.2) is 0 Å². The molecule has 4 fully saturated rings. The van der Waals surface area contributed by atoms with Crippen LogP contribution in [0.1, 0.15) is 82.1 Å². The first-order valence-electron chi connectivity index (χ1n) is 20.1. The first-order chi connectivity index (χ1) is 25.3. The van der Waals surface area contributed by atoms with Crippen LogP contribution in [0.25, 0.3) is 27.1 Å². The third-order valence-electron chi connectivity index (χ3n) is 12.1. The van der Waals surface area contributed by atoms with E-state index in [0.717, 1.165) is 59.2 Å². The summed E-state index contributed by atoms with van der Waals surface area (Å²) in [6, 6.07) is 25.0. The van der Waals surface area contributed by atoms with Crippen molar-refractivity contribution in [3.05, 3.63) is 90.5 Å². The number of methoxy groups -OCH3 is 2. The molecule has 0 aromatic heterocycles. The van der Waals surface area contributed by atoms with Crippen molar-refractivity contribution in [2.75, 3.05) is 53.5 Å². The molecule has 2 saturated heterocycles. The molecular weight excluding hydrogens is 641 g/mol. The smallest absolute Gasteiger partial charge is 0.167 e. The fourth-order valence-electron chi connectivity index (χ4n) is 8.30. The lowest BCUT2D eigenvalue weighted by Crippen LogP contribution is -2.43.